The highest BCUT2D eigenvalue weighted by atomic mass is 32.2. The number of thioether (sulfide) groups is 1. The summed E-state index contributed by atoms with van der Waals surface area (Å²) in [5, 5.41) is -0.361. The summed E-state index contributed by atoms with van der Waals surface area (Å²) >= 11 is 0.878. The van der Waals surface area contributed by atoms with E-state index in [1.165, 1.54) is 12.1 Å². The first-order valence-corrected chi connectivity index (χ1v) is 10.8. The molecule has 1 fully saturated rings. The lowest BCUT2D eigenvalue weighted by molar-refractivity contribution is -0.123. The van der Waals surface area contributed by atoms with Crippen molar-refractivity contribution in [2.24, 2.45) is 0 Å². The number of rotatable bonds is 8. The number of hydrogen-bond donors (Lipinski definition) is 0. The Morgan fingerprint density at radius 3 is 2.31 bits per heavy atom. The Balaban J connectivity index is 1.41. The van der Waals surface area contributed by atoms with Crippen molar-refractivity contribution < 1.29 is 23.5 Å². The van der Waals surface area contributed by atoms with Crippen LogP contribution in [0, 0.1) is 5.82 Å². The predicted octanol–water partition coefficient (Wildman–Crippen LogP) is 5.52. The average molecular weight is 450 g/mol. The van der Waals surface area contributed by atoms with Gasteiger partial charge in [-0.2, -0.15) is 0 Å². The van der Waals surface area contributed by atoms with Crippen molar-refractivity contribution in [1.29, 1.82) is 0 Å². The number of imide groups is 1. The van der Waals surface area contributed by atoms with Crippen LogP contribution in [0.25, 0.3) is 6.08 Å². The molecule has 0 unspecified atom stereocenters. The van der Waals surface area contributed by atoms with E-state index in [0.717, 1.165) is 22.4 Å². The fourth-order valence-electron chi connectivity index (χ4n) is 3.11. The predicted molar refractivity (Wildman–Crippen MR) is 122 cm³/mol. The molecule has 0 atom stereocenters. The normalized spacial score (nSPS) is 14.8. The van der Waals surface area contributed by atoms with Crippen LogP contribution >= 0.6 is 11.8 Å². The highest BCUT2D eigenvalue weighted by molar-refractivity contribution is 8.18. The van der Waals surface area contributed by atoms with Crippen molar-refractivity contribution in [3.63, 3.8) is 0 Å². The summed E-state index contributed by atoms with van der Waals surface area (Å²) in [6.45, 7) is 0.787. The number of ether oxygens (including phenoxy) is 2. The number of carbonyl (C=O) groups excluding carboxylic acids is 2. The lowest BCUT2D eigenvalue weighted by Crippen LogP contribution is -2.27. The molecule has 32 heavy (non-hydrogen) atoms. The van der Waals surface area contributed by atoms with Crippen molar-refractivity contribution >= 4 is 29.0 Å². The Morgan fingerprint density at radius 1 is 0.844 bits per heavy atom. The zero-order valence-corrected chi connectivity index (χ0v) is 17.9. The molecule has 4 rings (SSSR count). The van der Waals surface area contributed by atoms with E-state index in [4.69, 9.17) is 9.47 Å². The van der Waals surface area contributed by atoms with Crippen molar-refractivity contribution in [2.75, 3.05) is 13.2 Å². The minimum Gasteiger partial charge on any atom is -0.490 e. The third kappa shape index (κ3) is 5.36. The van der Waals surface area contributed by atoms with Gasteiger partial charge < -0.3 is 9.47 Å². The third-order valence-corrected chi connectivity index (χ3v) is 5.59. The van der Waals surface area contributed by atoms with E-state index in [0.29, 0.717) is 35.0 Å². The van der Waals surface area contributed by atoms with Gasteiger partial charge in [0.2, 0.25) is 0 Å². The molecule has 5 nitrogen and oxygen atoms in total. The summed E-state index contributed by atoms with van der Waals surface area (Å²) in [5.41, 5.74) is 1.37. The second-order valence-electron chi connectivity index (χ2n) is 6.94. The number of para-hydroxylation sites is 2. The van der Waals surface area contributed by atoms with Gasteiger partial charge in [0.05, 0.1) is 11.4 Å². The van der Waals surface area contributed by atoms with Crippen molar-refractivity contribution in [2.45, 2.75) is 6.54 Å². The van der Waals surface area contributed by atoms with Crippen molar-refractivity contribution in [1.82, 2.24) is 4.90 Å². The van der Waals surface area contributed by atoms with Gasteiger partial charge in [0.25, 0.3) is 11.1 Å². The van der Waals surface area contributed by atoms with Gasteiger partial charge in [-0.3, -0.25) is 14.5 Å². The topological polar surface area (TPSA) is 55.8 Å². The van der Waals surface area contributed by atoms with Crippen LogP contribution in [0.3, 0.4) is 0 Å². The molecule has 0 aliphatic carbocycles. The van der Waals surface area contributed by atoms with E-state index < -0.39 is 0 Å². The number of nitrogens with zero attached hydrogens (tertiary/aromatic N) is 1. The van der Waals surface area contributed by atoms with Crippen molar-refractivity contribution in [3.05, 3.63) is 101 Å². The van der Waals surface area contributed by atoms with Crippen LogP contribution < -0.4 is 9.47 Å². The molecule has 0 saturated carbocycles. The molecule has 3 aromatic carbocycles. The second-order valence-corrected chi connectivity index (χ2v) is 7.94. The van der Waals surface area contributed by atoms with E-state index in [9.17, 15) is 14.0 Å². The SMILES string of the molecule is O=C1S/C(=C\c2ccccc2OCCOc2ccccc2)C(=O)N1Cc1ccc(F)cc1. The number of amides is 2. The van der Waals surface area contributed by atoms with E-state index in [-0.39, 0.29) is 23.5 Å². The minimum absolute atomic E-state index is 0.0945. The molecule has 0 bridgehead atoms. The Bertz CT molecular complexity index is 1130. The number of carbonyl (C=O) groups is 2. The fraction of sp³-hybridized carbons (Fsp3) is 0.120. The van der Waals surface area contributed by atoms with Crippen LogP contribution in [0.1, 0.15) is 11.1 Å². The van der Waals surface area contributed by atoms with Gasteiger partial charge in [0.1, 0.15) is 30.5 Å². The zero-order valence-electron chi connectivity index (χ0n) is 17.1. The van der Waals surface area contributed by atoms with Gasteiger partial charge in [-0.05, 0) is 53.7 Å². The Kier molecular flexibility index (Phi) is 6.87. The zero-order chi connectivity index (χ0) is 22.3. The van der Waals surface area contributed by atoms with E-state index in [1.807, 2.05) is 48.5 Å². The van der Waals surface area contributed by atoms with E-state index in [1.54, 1.807) is 24.3 Å². The molecule has 0 N–H and O–H groups in total. The molecule has 7 heteroatoms. The number of halogens is 1. The smallest absolute Gasteiger partial charge is 0.293 e. The fourth-order valence-corrected chi connectivity index (χ4v) is 3.94. The highest BCUT2D eigenvalue weighted by Gasteiger charge is 2.35. The lowest BCUT2D eigenvalue weighted by Gasteiger charge is -2.12. The van der Waals surface area contributed by atoms with Crippen LogP contribution in [0.5, 0.6) is 11.5 Å². The van der Waals surface area contributed by atoms with Crippen molar-refractivity contribution in [3.8, 4) is 11.5 Å². The number of hydrogen-bond acceptors (Lipinski definition) is 5. The average Bonchev–Trinajstić information content (AvgIpc) is 3.07. The molecule has 1 aliphatic rings. The van der Waals surface area contributed by atoms with Crippen LogP contribution in [0.4, 0.5) is 9.18 Å². The maximum Gasteiger partial charge on any atom is 0.293 e. The quantitative estimate of drug-likeness (QED) is 0.335. The highest BCUT2D eigenvalue weighted by Crippen LogP contribution is 2.34. The van der Waals surface area contributed by atoms with Gasteiger partial charge in [-0.25, -0.2) is 4.39 Å². The summed E-state index contributed by atoms with van der Waals surface area (Å²) in [7, 11) is 0. The maximum atomic E-state index is 13.1. The number of benzene rings is 3. The Morgan fingerprint density at radius 2 is 1.53 bits per heavy atom. The largest absolute Gasteiger partial charge is 0.490 e. The van der Waals surface area contributed by atoms with Gasteiger partial charge in [0, 0.05) is 5.56 Å². The first-order chi connectivity index (χ1) is 15.6. The van der Waals surface area contributed by atoms with Gasteiger partial charge in [-0.15, -0.1) is 0 Å². The molecule has 0 radical (unpaired) electrons. The van der Waals surface area contributed by atoms with E-state index >= 15 is 0 Å². The molecule has 3 aromatic rings. The standard InChI is InChI=1S/C25H20FNO4S/c26-20-12-10-18(11-13-20)17-27-24(28)23(32-25(27)29)16-19-6-4-5-9-22(19)31-15-14-30-21-7-2-1-3-8-21/h1-13,16H,14-15,17H2/b23-16-. The monoisotopic (exact) mass is 449 g/mol. The first-order valence-electron chi connectivity index (χ1n) is 9.99. The molecule has 1 saturated heterocycles. The van der Waals surface area contributed by atoms with Gasteiger partial charge >= 0.3 is 0 Å². The summed E-state index contributed by atoms with van der Waals surface area (Å²) in [6, 6.07) is 22.5. The molecular formula is C25H20FNO4S. The summed E-state index contributed by atoms with van der Waals surface area (Å²) in [5.74, 6) is 0.605. The van der Waals surface area contributed by atoms with Crippen LogP contribution in [-0.2, 0) is 11.3 Å². The van der Waals surface area contributed by atoms with Crippen LogP contribution in [0.2, 0.25) is 0 Å². The van der Waals surface area contributed by atoms with Gasteiger partial charge in [0.15, 0.2) is 0 Å². The van der Waals surface area contributed by atoms with E-state index in [2.05, 4.69) is 0 Å². The molecule has 0 spiro atoms. The first kappa shape index (κ1) is 21.6. The Hall–Kier alpha value is -3.58. The van der Waals surface area contributed by atoms with Gasteiger partial charge in [-0.1, -0.05) is 48.5 Å². The van der Waals surface area contributed by atoms with Crippen LogP contribution in [-0.4, -0.2) is 29.3 Å². The minimum atomic E-state index is -0.383. The summed E-state index contributed by atoms with van der Waals surface area (Å²) < 4.78 is 24.6. The second kappa shape index (κ2) is 10.2. The van der Waals surface area contributed by atoms with Crippen LogP contribution in [0.15, 0.2) is 83.8 Å². The maximum absolute atomic E-state index is 13.1. The Labute approximate surface area is 189 Å². The molecule has 162 valence electrons. The summed E-state index contributed by atoms with van der Waals surface area (Å²) in [4.78, 5) is 26.7. The third-order valence-electron chi connectivity index (χ3n) is 4.69. The molecule has 1 aliphatic heterocycles. The molecule has 2 amide bonds. The lowest BCUT2D eigenvalue weighted by atomic mass is 10.1. The molecule has 0 aromatic heterocycles. The summed E-state index contributed by atoms with van der Waals surface area (Å²) in [6.07, 6.45) is 1.66. The molecule has 1 heterocycles. The molecular weight excluding hydrogens is 429 g/mol.